The number of anilines is 1. The number of nitrogens with zero attached hydrogens (tertiary/aromatic N) is 6. The van der Waals surface area contributed by atoms with E-state index >= 15 is 0 Å². The number of piperazine rings is 1. The minimum atomic E-state index is -4.72. The predicted molar refractivity (Wildman–Crippen MR) is 151 cm³/mol. The van der Waals surface area contributed by atoms with Gasteiger partial charge in [-0.05, 0) is 29.3 Å². The fourth-order valence-electron chi connectivity index (χ4n) is 6.06. The molecule has 2 saturated heterocycles. The maximum atomic E-state index is 14.0. The van der Waals surface area contributed by atoms with Crippen LogP contribution in [0, 0.1) is 17.2 Å². The standard InChI is InChI=1S/C30H29F3N8O3/c31-30(32,33)27-24(16-37-38-28(27)42)41-17-20-3-1-2-4-23(20)25(41)18-44-22-11-21(14-35-15-22)29(43)40-9-7-39(8-10-40)26-6-5-19(12-34)13-36-26/h1-6,11,13-15,24-25,27,37H,7-10,16-18H2,(H,38,42)/t24?,25-,27?/m0/s1. The van der Waals surface area contributed by atoms with Crippen molar-refractivity contribution in [2.75, 3.05) is 44.2 Å². The predicted octanol–water partition coefficient (Wildman–Crippen LogP) is 2.43. The van der Waals surface area contributed by atoms with E-state index in [1.165, 1.54) is 18.6 Å². The second kappa shape index (κ2) is 12.1. The first kappa shape index (κ1) is 29.3. The van der Waals surface area contributed by atoms with Gasteiger partial charge in [-0.2, -0.15) is 18.4 Å². The van der Waals surface area contributed by atoms with E-state index in [-0.39, 0.29) is 25.6 Å². The summed E-state index contributed by atoms with van der Waals surface area (Å²) in [5.41, 5.74) is 7.22. The number of alkyl halides is 3. The minimum absolute atomic E-state index is 0.00466. The van der Waals surface area contributed by atoms with Crippen LogP contribution in [0.1, 0.15) is 33.1 Å². The fourth-order valence-corrected chi connectivity index (χ4v) is 6.06. The lowest BCUT2D eigenvalue weighted by Gasteiger charge is -2.40. The van der Waals surface area contributed by atoms with Gasteiger partial charge in [-0.25, -0.2) is 10.4 Å². The van der Waals surface area contributed by atoms with Crippen LogP contribution >= 0.6 is 0 Å². The molecule has 6 rings (SSSR count). The summed E-state index contributed by atoms with van der Waals surface area (Å²) in [7, 11) is 0. The Bertz CT molecular complexity index is 1570. The van der Waals surface area contributed by atoms with Crippen LogP contribution in [0.25, 0.3) is 0 Å². The molecule has 5 heterocycles. The lowest BCUT2D eigenvalue weighted by Crippen LogP contribution is -2.64. The first-order valence-electron chi connectivity index (χ1n) is 14.1. The monoisotopic (exact) mass is 606 g/mol. The first-order valence-corrected chi connectivity index (χ1v) is 14.1. The molecule has 1 aromatic carbocycles. The number of hydrogen-bond acceptors (Lipinski definition) is 9. The molecule has 0 radical (unpaired) electrons. The smallest absolute Gasteiger partial charge is 0.402 e. The molecule has 3 aromatic rings. The van der Waals surface area contributed by atoms with Gasteiger partial charge in [0.25, 0.3) is 5.91 Å². The highest BCUT2D eigenvalue weighted by molar-refractivity contribution is 5.94. The van der Waals surface area contributed by atoms with Crippen LogP contribution in [-0.2, 0) is 11.3 Å². The highest BCUT2D eigenvalue weighted by Crippen LogP contribution is 2.41. The van der Waals surface area contributed by atoms with E-state index in [1.54, 1.807) is 28.0 Å². The minimum Gasteiger partial charge on any atom is -0.490 e. The molecule has 14 heteroatoms. The maximum absolute atomic E-state index is 14.0. The molecule has 2 amide bonds. The quantitative estimate of drug-likeness (QED) is 0.435. The Balaban J connectivity index is 1.13. The number of carbonyl (C=O) groups is 2. The van der Waals surface area contributed by atoms with Gasteiger partial charge in [0.1, 0.15) is 24.2 Å². The number of ether oxygens (including phenoxy) is 1. The third-order valence-corrected chi connectivity index (χ3v) is 8.27. The number of benzene rings is 1. The van der Waals surface area contributed by atoms with Crippen LogP contribution in [0.2, 0.25) is 0 Å². The van der Waals surface area contributed by atoms with Gasteiger partial charge in [0.2, 0.25) is 5.91 Å². The molecule has 0 saturated carbocycles. The topological polar surface area (TPSA) is 127 Å². The third-order valence-electron chi connectivity index (χ3n) is 8.27. The number of nitrogens with one attached hydrogen (secondary N) is 2. The molecule has 3 aliphatic heterocycles. The van der Waals surface area contributed by atoms with Crippen molar-refractivity contribution in [3.63, 3.8) is 0 Å². The summed E-state index contributed by atoms with van der Waals surface area (Å²) in [6, 6.07) is 12.8. The van der Waals surface area contributed by atoms with E-state index in [9.17, 15) is 22.8 Å². The van der Waals surface area contributed by atoms with Crippen LogP contribution < -0.4 is 20.5 Å². The normalized spacial score (nSPS) is 22.2. The Morgan fingerprint density at radius 2 is 1.89 bits per heavy atom. The van der Waals surface area contributed by atoms with Gasteiger partial charge in [0, 0.05) is 57.7 Å². The van der Waals surface area contributed by atoms with Crippen LogP contribution in [0.15, 0.2) is 61.1 Å². The fraction of sp³-hybridized carbons (Fsp3) is 0.367. The molecule has 0 spiro atoms. The van der Waals surface area contributed by atoms with Crippen molar-refractivity contribution >= 4 is 17.6 Å². The molecule has 2 aromatic heterocycles. The first-order chi connectivity index (χ1) is 21.2. The lowest BCUT2D eigenvalue weighted by atomic mass is 9.94. The molecular weight excluding hydrogens is 577 g/mol. The molecule has 0 aliphatic carbocycles. The number of hydrazine groups is 1. The van der Waals surface area contributed by atoms with E-state index < -0.39 is 30.1 Å². The molecule has 2 N–H and O–H groups in total. The molecule has 11 nitrogen and oxygen atoms in total. The zero-order valence-electron chi connectivity index (χ0n) is 23.5. The largest absolute Gasteiger partial charge is 0.490 e. The summed E-state index contributed by atoms with van der Waals surface area (Å²) in [4.78, 5) is 39.6. The van der Waals surface area contributed by atoms with Gasteiger partial charge in [-0.15, -0.1) is 0 Å². The summed E-state index contributed by atoms with van der Waals surface area (Å²) in [5.74, 6) is -2.48. The van der Waals surface area contributed by atoms with Gasteiger partial charge >= 0.3 is 6.18 Å². The molecule has 3 atom stereocenters. The zero-order valence-corrected chi connectivity index (χ0v) is 23.5. The Hall–Kier alpha value is -4.74. The number of hydrogen-bond donors (Lipinski definition) is 2. The molecule has 2 unspecified atom stereocenters. The van der Waals surface area contributed by atoms with E-state index in [0.29, 0.717) is 43.1 Å². The Morgan fingerprint density at radius 3 is 2.61 bits per heavy atom. The van der Waals surface area contributed by atoms with Crippen LogP contribution in [-0.4, -0.2) is 83.1 Å². The lowest BCUT2D eigenvalue weighted by molar-refractivity contribution is -0.202. The molecule has 2 fully saturated rings. The zero-order chi connectivity index (χ0) is 30.8. The number of fused-ring (bicyclic) bond motifs is 1. The number of rotatable bonds is 6. The number of pyridine rings is 2. The SMILES string of the molecule is N#Cc1ccc(N2CCN(C(=O)c3cncc(OC[C@H]4c5ccccc5CN4C4CNNC(=O)C4C(F)(F)F)c3)CC2)nc1. The summed E-state index contributed by atoms with van der Waals surface area (Å²) in [6.45, 7) is 2.20. The van der Waals surface area contributed by atoms with E-state index in [4.69, 9.17) is 10.00 Å². The summed E-state index contributed by atoms with van der Waals surface area (Å²) in [5, 5.41) is 8.98. The van der Waals surface area contributed by atoms with E-state index in [1.807, 2.05) is 35.2 Å². The number of carbonyl (C=O) groups excluding carboxylic acids is 2. The highest BCUT2D eigenvalue weighted by atomic mass is 19.4. The van der Waals surface area contributed by atoms with Crippen LogP contribution in [0.5, 0.6) is 5.75 Å². The van der Waals surface area contributed by atoms with Crippen molar-refractivity contribution in [3.05, 3.63) is 83.3 Å². The Kier molecular flexibility index (Phi) is 8.07. The van der Waals surface area contributed by atoms with Crippen molar-refractivity contribution in [1.82, 2.24) is 30.6 Å². The molecule has 3 aliphatic rings. The van der Waals surface area contributed by atoms with Crippen molar-refractivity contribution in [3.8, 4) is 11.8 Å². The summed E-state index contributed by atoms with van der Waals surface area (Å²) >= 11 is 0. The van der Waals surface area contributed by atoms with Gasteiger partial charge in [-0.1, -0.05) is 24.3 Å². The summed E-state index contributed by atoms with van der Waals surface area (Å²) < 4.78 is 48.1. The highest BCUT2D eigenvalue weighted by Gasteiger charge is 2.55. The maximum Gasteiger partial charge on any atom is 0.402 e. The molecule has 0 bridgehead atoms. The van der Waals surface area contributed by atoms with Gasteiger partial charge in [-0.3, -0.25) is 24.9 Å². The van der Waals surface area contributed by atoms with Crippen molar-refractivity contribution in [2.45, 2.75) is 24.8 Å². The number of nitriles is 1. The van der Waals surface area contributed by atoms with Crippen LogP contribution in [0.4, 0.5) is 19.0 Å². The molecule has 228 valence electrons. The van der Waals surface area contributed by atoms with E-state index in [2.05, 4.69) is 20.8 Å². The van der Waals surface area contributed by atoms with Gasteiger partial charge in [0.15, 0.2) is 5.92 Å². The van der Waals surface area contributed by atoms with Gasteiger partial charge in [0.05, 0.1) is 23.4 Å². The Morgan fingerprint density at radius 1 is 1.09 bits per heavy atom. The van der Waals surface area contributed by atoms with Crippen molar-refractivity contribution in [2.24, 2.45) is 5.92 Å². The molecule has 44 heavy (non-hydrogen) atoms. The summed E-state index contributed by atoms with van der Waals surface area (Å²) in [6.07, 6.45) is -0.281. The van der Waals surface area contributed by atoms with Crippen molar-refractivity contribution in [1.29, 1.82) is 5.26 Å². The third kappa shape index (κ3) is 5.88. The average Bonchev–Trinajstić information content (AvgIpc) is 3.41. The van der Waals surface area contributed by atoms with Crippen molar-refractivity contribution < 1.29 is 27.5 Å². The molecular formula is C30H29F3N8O3. The second-order valence-corrected chi connectivity index (χ2v) is 10.9. The van der Waals surface area contributed by atoms with E-state index in [0.717, 1.165) is 16.9 Å². The second-order valence-electron chi connectivity index (χ2n) is 10.9. The van der Waals surface area contributed by atoms with Crippen LogP contribution in [0.3, 0.4) is 0 Å². The number of halogens is 3. The van der Waals surface area contributed by atoms with Gasteiger partial charge < -0.3 is 14.5 Å². The number of aromatic nitrogens is 2. The number of amides is 2. The Labute approximate surface area is 251 Å². The average molecular weight is 607 g/mol.